The highest BCUT2D eigenvalue weighted by Crippen LogP contribution is 2.35. The predicted octanol–water partition coefficient (Wildman–Crippen LogP) is 2.77. The second-order valence-electron chi connectivity index (χ2n) is 5.46. The fraction of sp³-hybridized carbons (Fsp3) is 0.500. The number of nitrogens with zero attached hydrogens (tertiary/aromatic N) is 1. The van der Waals surface area contributed by atoms with Gasteiger partial charge >= 0.3 is 0 Å². The van der Waals surface area contributed by atoms with Crippen molar-refractivity contribution in [2.75, 3.05) is 18.9 Å². The van der Waals surface area contributed by atoms with Crippen molar-refractivity contribution in [2.45, 2.75) is 32.6 Å². The van der Waals surface area contributed by atoms with Gasteiger partial charge in [-0.3, -0.25) is 4.98 Å². The Labute approximate surface area is 103 Å². The fourth-order valence-electron chi connectivity index (χ4n) is 2.33. The Kier molecular flexibility index (Phi) is 3.20. The average molecular weight is 232 g/mol. The number of pyridine rings is 1. The van der Waals surface area contributed by atoms with Gasteiger partial charge in [-0.25, -0.2) is 0 Å². The van der Waals surface area contributed by atoms with Gasteiger partial charge in [-0.2, -0.15) is 0 Å². The van der Waals surface area contributed by atoms with Crippen molar-refractivity contribution in [2.24, 2.45) is 0 Å². The molecular formula is C14H20N2O. The van der Waals surface area contributed by atoms with E-state index in [2.05, 4.69) is 31.8 Å². The van der Waals surface area contributed by atoms with Crippen LogP contribution >= 0.6 is 0 Å². The lowest BCUT2D eigenvalue weighted by molar-refractivity contribution is 0.161. The molecule has 0 amide bonds. The van der Waals surface area contributed by atoms with Gasteiger partial charge in [0, 0.05) is 11.8 Å². The van der Waals surface area contributed by atoms with Crippen LogP contribution in [-0.2, 0) is 10.2 Å². The van der Waals surface area contributed by atoms with Gasteiger partial charge in [0.05, 0.1) is 25.1 Å². The molecule has 0 bridgehead atoms. The molecule has 0 aromatic carbocycles. The number of nitrogen functional groups attached to an aromatic ring is 1. The average Bonchev–Trinajstić information content (AvgIpc) is 2.28. The zero-order chi connectivity index (χ0) is 12.5. The van der Waals surface area contributed by atoms with Crippen LogP contribution in [0.3, 0.4) is 0 Å². The summed E-state index contributed by atoms with van der Waals surface area (Å²) < 4.78 is 5.35. The minimum Gasteiger partial charge on any atom is -0.397 e. The molecule has 1 aromatic heterocycles. The Hall–Kier alpha value is -1.35. The molecule has 0 atom stereocenters. The van der Waals surface area contributed by atoms with E-state index in [4.69, 9.17) is 10.5 Å². The van der Waals surface area contributed by atoms with E-state index in [1.54, 1.807) is 6.20 Å². The first-order chi connectivity index (χ1) is 8.00. The largest absolute Gasteiger partial charge is 0.397 e. The summed E-state index contributed by atoms with van der Waals surface area (Å²) in [7, 11) is 0. The van der Waals surface area contributed by atoms with E-state index in [-0.39, 0.29) is 5.41 Å². The van der Waals surface area contributed by atoms with Crippen LogP contribution in [-0.4, -0.2) is 18.2 Å². The normalized spacial score (nSPS) is 16.8. The number of aromatic nitrogens is 1. The van der Waals surface area contributed by atoms with Crippen molar-refractivity contribution in [3.63, 3.8) is 0 Å². The highest BCUT2D eigenvalue weighted by atomic mass is 16.5. The smallest absolute Gasteiger partial charge is 0.0653 e. The Morgan fingerprint density at radius 2 is 2.06 bits per heavy atom. The summed E-state index contributed by atoms with van der Waals surface area (Å²) >= 11 is 0. The van der Waals surface area contributed by atoms with Crippen LogP contribution in [0, 0.1) is 0 Å². The number of ether oxygens (including phenoxy) is 1. The maximum atomic E-state index is 6.09. The Morgan fingerprint density at radius 3 is 2.65 bits per heavy atom. The van der Waals surface area contributed by atoms with Crippen molar-refractivity contribution >= 4 is 11.3 Å². The first-order valence-electron chi connectivity index (χ1n) is 6.01. The molecule has 0 radical (unpaired) electrons. The van der Waals surface area contributed by atoms with Gasteiger partial charge in [0.15, 0.2) is 0 Å². The van der Waals surface area contributed by atoms with Crippen molar-refractivity contribution in [1.29, 1.82) is 0 Å². The van der Waals surface area contributed by atoms with Crippen molar-refractivity contribution < 1.29 is 4.74 Å². The number of nitrogens with two attached hydrogens (primary N) is 1. The van der Waals surface area contributed by atoms with Gasteiger partial charge < -0.3 is 10.5 Å². The molecule has 2 N–H and O–H groups in total. The molecule has 0 fully saturated rings. The van der Waals surface area contributed by atoms with Gasteiger partial charge in [-0.15, -0.1) is 0 Å². The summed E-state index contributed by atoms with van der Waals surface area (Å²) in [6.07, 6.45) is 6.74. The van der Waals surface area contributed by atoms with Gasteiger partial charge in [-0.05, 0) is 23.0 Å². The third-order valence-electron chi connectivity index (χ3n) is 3.03. The maximum Gasteiger partial charge on any atom is 0.0653 e. The zero-order valence-electron chi connectivity index (χ0n) is 10.8. The molecule has 0 unspecified atom stereocenters. The predicted molar refractivity (Wildman–Crippen MR) is 70.8 cm³/mol. The van der Waals surface area contributed by atoms with Gasteiger partial charge in [0.25, 0.3) is 0 Å². The molecule has 1 aliphatic rings. The first-order valence-corrected chi connectivity index (χ1v) is 6.01. The van der Waals surface area contributed by atoms with Crippen LogP contribution in [0.4, 0.5) is 5.69 Å². The quantitative estimate of drug-likeness (QED) is 0.810. The van der Waals surface area contributed by atoms with E-state index in [9.17, 15) is 0 Å². The van der Waals surface area contributed by atoms with Gasteiger partial charge in [0.2, 0.25) is 0 Å². The minimum absolute atomic E-state index is 0.0293. The summed E-state index contributed by atoms with van der Waals surface area (Å²) in [5.41, 5.74) is 10.6. The lowest BCUT2D eigenvalue weighted by atomic mass is 9.81. The van der Waals surface area contributed by atoms with E-state index in [0.29, 0.717) is 6.61 Å². The SMILES string of the molecule is CC(C)(C)c1c(N)cncc1C1=CCOCC1. The third-order valence-corrected chi connectivity index (χ3v) is 3.03. The molecule has 2 heterocycles. The van der Waals surface area contributed by atoms with Crippen molar-refractivity contribution in [3.05, 3.63) is 29.6 Å². The molecule has 3 nitrogen and oxygen atoms in total. The standard InChI is InChI=1S/C14H20N2O/c1-14(2,3)13-11(8-16-9-12(13)15)10-4-6-17-7-5-10/h4,8-9H,5-7,15H2,1-3H3. The Balaban J connectivity index is 2.53. The number of anilines is 1. The summed E-state index contributed by atoms with van der Waals surface area (Å²) in [5, 5.41) is 0. The zero-order valence-corrected chi connectivity index (χ0v) is 10.8. The number of hydrogen-bond acceptors (Lipinski definition) is 3. The molecule has 0 aliphatic carbocycles. The van der Waals surface area contributed by atoms with Crippen LogP contribution in [0.25, 0.3) is 5.57 Å². The van der Waals surface area contributed by atoms with Crippen LogP contribution in [0.5, 0.6) is 0 Å². The summed E-state index contributed by atoms with van der Waals surface area (Å²) in [6, 6.07) is 0. The second-order valence-corrected chi connectivity index (χ2v) is 5.46. The van der Waals surface area contributed by atoms with Gasteiger partial charge in [-0.1, -0.05) is 26.8 Å². The van der Waals surface area contributed by atoms with E-state index in [0.717, 1.165) is 18.7 Å². The molecule has 0 spiro atoms. The molecule has 2 rings (SSSR count). The lowest BCUT2D eigenvalue weighted by Crippen LogP contribution is -2.18. The van der Waals surface area contributed by atoms with E-state index >= 15 is 0 Å². The number of rotatable bonds is 1. The highest BCUT2D eigenvalue weighted by molar-refractivity contribution is 5.73. The Morgan fingerprint density at radius 1 is 1.29 bits per heavy atom. The van der Waals surface area contributed by atoms with Crippen LogP contribution in [0.1, 0.15) is 38.3 Å². The topological polar surface area (TPSA) is 48.1 Å². The first kappa shape index (κ1) is 12.1. The Bertz CT molecular complexity index is 444. The van der Waals surface area contributed by atoms with Crippen molar-refractivity contribution in [3.8, 4) is 0 Å². The fourth-order valence-corrected chi connectivity index (χ4v) is 2.33. The summed E-state index contributed by atoms with van der Waals surface area (Å²) in [5.74, 6) is 0. The van der Waals surface area contributed by atoms with Crippen molar-refractivity contribution in [1.82, 2.24) is 4.98 Å². The van der Waals surface area contributed by atoms with E-state index in [1.165, 1.54) is 16.7 Å². The van der Waals surface area contributed by atoms with Gasteiger partial charge in [0.1, 0.15) is 0 Å². The molecule has 92 valence electrons. The molecule has 17 heavy (non-hydrogen) atoms. The monoisotopic (exact) mass is 232 g/mol. The van der Waals surface area contributed by atoms with Crippen LogP contribution in [0.2, 0.25) is 0 Å². The second kappa shape index (κ2) is 4.49. The molecule has 0 saturated carbocycles. The van der Waals surface area contributed by atoms with E-state index in [1.807, 2.05) is 6.20 Å². The minimum atomic E-state index is 0.0293. The summed E-state index contributed by atoms with van der Waals surface area (Å²) in [4.78, 5) is 4.23. The third kappa shape index (κ3) is 2.50. The number of hydrogen-bond donors (Lipinski definition) is 1. The van der Waals surface area contributed by atoms with Crippen LogP contribution < -0.4 is 5.73 Å². The lowest BCUT2D eigenvalue weighted by Gasteiger charge is -2.26. The molecule has 0 saturated heterocycles. The summed E-state index contributed by atoms with van der Waals surface area (Å²) in [6.45, 7) is 8.02. The molecular weight excluding hydrogens is 212 g/mol. The molecule has 3 heteroatoms. The molecule has 1 aliphatic heterocycles. The maximum absolute atomic E-state index is 6.09. The molecule has 1 aromatic rings. The van der Waals surface area contributed by atoms with E-state index < -0.39 is 0 Å². The van der Waals surface area contributed by atoms with Crippen LogP contribution in [0.15, 0.2) is 18.5 Å². The highest BCUT2D eigenvalue weighted by Gasteiger charge is 2.23.